The summed E-state index contributed by atoms with van der Waals surface area (Å²) in [6, 6.07) is 30.9. The first kappa shape index (κ1) is 17.1. The van der Waals surface area contributed by atoms with Gasteiger partial charge in [-0.3, -0.25) is 0 Å². The molecule has 0 N–H and O–H groups in total. The average molecular weight is 357 g/mol. The van der Waals surface area contributed by atoms with Crippen LogP contribution in [-0.4, -0.2) is 0 Å². The van der Waals surface area contributed by atoms with Gasteiger partial charge in [0.15, 0.2) is 0 Å². The number of fused-ring (bicyclic) bond motifs is 1. The summed E-state index contributed by atoms with van der Waals surface area (Å²) in [5.41, 5.74) is 4.33. The fourth-order valence-electron chi connectivity index (χ4n) is 4.07. The van der Waals surface area contributed by atoms with Crippen molar-refractivity contribution in [3.05, 3.63) is 107 Å². The SMILES string of the molecule is CCC[C@@H](c1ccccc1)[C@@H](c1ccccc1)c1csc2ccccc12. The molecule has 0 nitrogen and oxygen atoms in total. The van der Waals surface area contributed by atoms with Gasteiger partial charge in [-0.25, -0.2) is 0 Å². The van der Waals surface area contributed by atoms with Crippen LogP contribution >= 0.6 is 11.3 Å². The van der Waals surface area contributed by atoms with Crippen LogP contribution in [0.25, 0.3) is 10.1 Å². The third-order valence-electron chi connectivity index (χ3n) is 5.23. The highest BCUT2D eigenvalue weighted by atomic mass is 32.1. The topological polar surface area (TPSA) is 0 Å². The Morgan fingerprint density at radius 1 is 0.731 bits per heavy atom. The molecule has 2 atom stereocenters. The van der Waals surface area contributed by atoms with Crippen LogP contribution < -0.4 is 0 Å². The quantitative estimate of drug-likeness (QED) is 0.333. The second kappa shape index (κ2) is 7.88. The third-order valence-corrected chi connectivity index (χ3v) is 6.22. The van der Waals surface area contributed by atoms with E-state index in [1.54, 1.807) is 0 Å². The highest BCUT2D eigenvalue weighted by Gasteiger charge is 2.27. The van der Waals surface area contributed by atoms with Gasteiger partial charge in [0.25, 0.3) is 0 Å². The van der Waals surface area contributed by atoms with Gasteiger partial charge in [-0.2, -0.15) is 0 Å². The Morgan fingerprint density at radius 2 is 1.35 bits per heavy atom. The van der Waals surface area contributed by atoms with Gasteiger partial charge in [0.05, 0.1) is 0 Å². The average Bonchev–Trinajstić information content (AvgIpc) is 3.13. The molecule has 0 fully saturated rings. The van der Waals surface area contributed by atoms with E-state index in [1.807, 2.05) is 11.3 Å². The van der Waals surface area contributed by atoms with Gasteiger partial charge in [-0.1, -0.05) is 92.2 Å². The molecule has 26 heavy (non-hydrogen) atoms. The Balaban J connectivity index is 1.90. The Hall–Kier alpha value is -2.38. The van der Waals surface area contributed by atoms with E-state index in [2.05, 4.69) is 97.2 Å². The van der Waals surface area contributed by atoms with Crippen molar-refractivity contribution in [2.75, 3.05) is 0 Å². The van der Waals surface area contributed by atoms with E-state index >= 15 is 0 Å². The van der Waals surface area contributed by atoms with Crippen molar-refractivity contribution in [3.8, 4) is 0 Å². The summed E-state index contributed by atoms with van der Waals surface area (Å²) in [4.78, 5) is 0. The zero-order valence-corrected chi connectivity index (χ0v) is 16.0. The van der Waals surface area contributed by atoms with Crippen LogP contribution in [0.15, 0.2) is 90.3 Å². The molecule has 1 aromatic heterocycles. The summed E-state index contributed by atoms with van der Waals surface area (Å²) < 4.78 is 1.38. The molecular weight excluding hydrogens is 332 g/mol. The van der Waals surface area contributed by atoms with Gasteiger partial charge in [0, 0.05) is 10.6 Å². The number of hydrogen-bond acceptors (Lipinski definition) is 1. The molecule has 3 aromatic carbocycles. The summed E-state index contributed by atoms with van der Waals surface area (Å²) >= 11 is 1.87. The lowest BCUT2D eigenvalue weighted by Crippen LogP contribution is -2.13. The first-order valence-corrected chi connectivity index (χ1v) is 10.3. The van der Waals surface area contributed by atoms with E-state index in [4.69, 9.17) is 0 Å². The molecule has 0 saturated carbocycles. The standard InChI is InChI=1S/C25H24S/c1-2-11-21(19-12-5-3-6-13-19)25(20-14-7-4-8-15-20)23-18-26-24-17-10-9-16-22(23)24/h3-10,12-18,21,25H,2,11H2,1H3/t21-,25+/m0/s1. The Labute approximate surface area is 160 Å². The van der Waals surface area contributed by atoms with Crippen molar-refractivity contribution < 1.29 is 0 Å². The molecule has 4 rings (SSSR count). The van der Waals surface area contributed by atoms with Crippen molar-refractivity contribution in [2.24, 2.45) is 0 Å². The fraction of sp³-hybridized carbons (Fsp3) is 0.200. The predicted molar refractivity (Wildman–Crippen MR) is 114 cm³/mol. The minimum atomic E-state index is 0.384. The molecular formula is C25H24S. The molecule has 0 aliphatic carbocycles. The van der Waals surface area contributed by atoms with E-state index in [9.17, 15) is 0 Å². The van der Waals surface area contributed by atoms with Crippen LogP contribution in [0.5, 0.6) is 0 Å². The number of hydrogen-bond donors (Lipinski definition) is 0. The lowest BCUT2D eigenvalue weighted by atomic mass is 9.75. The minimum Gasteiger partial charge on any atom is -0.143 e. The van der Waals surface area contributed by atoms with Gasteiger partial charge in [0.2, 0.25) is 0 Å². The van der Waals surface area contributed by atoms with Crippen LogP contribution in [0.1, 0.15) is 48.3 Å². The molecule has 1 heterocycles. The van der Waals surface area contributed by atoms with Gasteiger partial charge in [-0.05, 0) is 45.9 Å². The zero-order chi connectivity index (χ0) is 17.8. The largest absolute Gasteiger partial charge is 0.143 e. The van der Waals surface area contributed by atoms with E-state index in [1.165, 1.54) is 39.6 Å². The summed E-state index contributed by atoms with van der Waals surface area (Å²) in [5.74, 6) is 0.872. The normalized spacial score (nSPS) is 13.6. The first-order valence-electron chi connectivity index (χ1n) is 9.44. The predicted octanol–water partition coefficient (Wildman–Crippen LogP) is 7.62. The van der Waals surface area contributed by atoms with Gasteiger partial charge in [-0.15, -0.1) is 11.3 Å². The highest BCUT2D eigenvalue weighted by Crippen LogP contribution is 2.45. The van der Waals surface area contributed by atoms with Crippen LogP contribution in [0, 0.1) is 0 Å². The van der Waals surface area contributed by atoms with Crippen molar-refractivity contribution >= 4 is 21.4 Å². The van der Waals surface area contributed by atoms with E-state index < -0.39 is 0 Å². The molecule has 0 saturated heterocycles. The monoisotopic (exact) mass is 356 g/mol. The van der Waals surface area contributed by atoms with Crippen LogP contribution in [0.4, 0.5) is 0 Å². The molecule has 130 valence electrons. The van der Waals surface area contributed by atoms with Crippen LogP contribution in [0.2, 0.25) is 0 Å². The maximum absolute atomic E-state index is 2.38. The van der Waals surface area contributed by atoms with E-state index in [0.717, 1.165) is 0 Å². The Bertz CT molecular complexity index is 953. The highest BCUT2D eigenvalue weighted by molar-refractivity contribution is 7.17. The van der Waals surface area contributed by atoms with E-state index in [-0.39, 0.29) is 0 Å². The molecule has 0 bridgehead atoms. The second-order valence-electron chi connectivity index (χ2n) is 6.88. The smallest absolute Gasteiger partial charge is 0.0345 e. The molecule has 0 aliphatic heterocycles. The maximum atomic E-state index is 2.38. The number of thiophene rings is 1. The molecule has 0 spiro atoms. The van der Waals surface area contributed by atoms with Gasteiger partial charge < -0.3 is 0 Å². The Kier molecular flexibility index (Phi) is 5.17. The summed E-state index contributed by atoms with van der Waals surface area (Å²) in [7, 11) is 0. The van der Waals surface area contributed by atoms with Gasteiger partial charge >= 0.3 is 0 Å². The molecule has 0 aliphatic rings. The minimum absolute atomic E-state index is 0.384. The lowest BCUT2D eigenvalue weighted by molar-refractivity contribution is 0.554. The zero-order valence-electron chi connectivity index (χ0n) is 15.1. The summed E-state index contributed by atoms with van der Waals surface area (Å²) in [6.07, 6.45) is 2.37. The van der Waals surface area contributed by atoms with E-state index in [0.29, 0.717) is 11.8 Å². The molecule has 4 aromatic rings. The summed E-state index contributed by atoms with van der Waals surface area (Å²) in [5, 5.41) is 3.79. The van der Waals surface area contributed by atoms with Crippen molar-refractivity contribution in [2.45, 2.75) is 31.6 Å². The molecule has 0 unspecified atom stereocenters. The van der Waals surface area contributed by atoms with Crippen LogP contribution in [0.3, 0.4) is 0 Å². The summed E-state index contributed by atoms with van der Waals surface area (Å²) in [6.45, 7) is 2.30. The fourth-order valence-corrected chi connectivity index (χ4v) is 5.06. The van der Waals surface area contributed by atoms with Crippen molar-refractivity contribution in [1.29, 1.82) is 0 Å². The number of rotatable bonds is 6. The lowest BCUT2D eigenvalue weighted by Gasteiger charge is -2.28. The molecule has 0 amide bonds. The first-order chi connectivity index (χ1) is 12.9. The third kappa shape index (κ3) is 3.32. The van der Waals surface area contributed by atoms with Crippen molar-refractivity contribution in [1.82, 2.24) is 0 Å². The van der Waals surface area contributed by atoms with Gasteiger partial charge in [0.1, 0.15) is 0 Å². The van der Waals surface area contributed by atoms with Crippen LogP contribution in [-0.2, 0) is 0 Å². The molecule has 1 heteroatoms. The van der Waals surface area contributed by atoms with Crippen molar-refractivity contribution in [3.63, 3.8) is 0 Å². The number of benzene rings is 3. The molecule has 0 radical (unpaired) electrons. The second-order valence-corrected chi connectivity index (χ2v) is 7.79. The Morgan fingerprint density at radius 3 is 2.04 bits per heavy atom. The maximum Gasteiger partial charge on any atom is 0.0345 e.